The molecule has 0 spiro atoms. The Morgan fingerprint density at radius 2 is 2.29 bits per heavy atom. The SMILES string of the molecule is CN=C(NCc1ncccc1C)NC1CC(OC)C1(C)C. The van der Waals surface area contributed by atoms with Crippen LogP contribution >= 0.6 is 0 Å². The van der Waals surface area contributed by atoms with E-state index in [-0.39, 0.29) is 5.41 Å². The molecule has 1 fully saturated rings. The van der Waals surface area contributed by atoms with E-state index in [0.29, 0.717) is 18.7 Å². The van der Waals surface area contributed by atoms with Gasteiger partial charge in [-0.1, -0.05) is 19.9 Å². The highest BCUT2D eigenvalue weighted by Gasteiger charge is 2.48. The molecule has 1 saturated carbocycles. The molecule has 0 bridgehead atoms. The molecule has 2 rings (SSSR count). The van der Waals surface area contributed by atoms with Gasteiger partial charge in [0, 0.05) is 31.8 Å². The second-order valence-corrected chi connectivity index (χ2v) is 6.17. The van der Waals surface area contributed by atoms with E-state index < -0.39 is 0 Å². The van der Waals surface area contributed by atoms with Crippen molar-refractivity contribution >= 4 is 5.96 Å². The minimum absolute atomic E-state index is 0.118. The molecule has 1 aromatic heterocycles. The van der Waals surface area contributed by atoms with Crippen LogP contribution in [0.15, 0.2) is 23.3 Å². The fourth-order valence-corrected chi connectivity index (χ4v) is 2.76. The molecule has 1 aliphatic rings. The van der Waals surface area contributed by atoms with Crippen molar-refractivity contribution < 1.29 is 4.74 Å². The van der Waals surface area contributed by atoms with Crippen molar-refractivity contribution in [3.8, 4) is 0 Å². The molecular formula is C16H26N4O. The van der Waals surface area contributed by atoms with E-state index in [0.717, 1.165) is 18.1 Å². The number of aromatic nitrogens is 1. The number of hydrogen-bond donors (Lipinski definition) is 2. The summed E-state index contributed by atoms with van der Waals surface area (Å²) in [5.41, 5.74) is 2.35. The summed E-state index contributed by atoms with van der Waals surface area (Å²) in [5.74, 6) is 0.813. The topological polar surface area (TPSA) is 58.5 Å². The average molecular weight is 290 g/mol. The van der Waals surface area contributed by atoms with Gasteiger partial charge in [-0.25, -0.2) is 0 Å². The van der Waals surface area contributed by atoms with E-state index in [9.17, 15) is 0 Å². The summed E-state index contributed by atoms with van der Waals surface area (Å²) in [4.78, 5) is 8.68. The second-order valence-electron chi connectivity index (χ2n) is 6.17. The normalized spacial score (nSPS) is 24.3. The van der Waals surface area contributed by atoms with E-state index in [2.05, 4.69) is 47.4 Å². The fraction of sp³-hybridized carbons (Fsp3) is 0.625. The van der Waals surface area contributed by atoms with Gasteiger partial charge in [0.2, 0.25) is 0 Å². The number of rotatable bonds is 4. The van der Waals surface area contributed by atoms with Gasteiger partial charge < -0.3 is 15.4 Å². The van der Waals surface area contributed by atoms with Crippen molar-refractivity contribution in [1.82, 2.24) is 15.6 Å². The molecule has 1 aromatic rings. The van der Waals surface area contributed by atoms with Crippen molar-refractivity contribution in [1.29, 1.82) is 0 Å². The van der Waals surface area contributed by atoms with E-state index in [4.69, 9.17) is 4.74 Å². The van der Waals surface area contributed by atoms with E-state index in [1.165, 1.54) is 5.56 Å². The molecule has 2 unspecified atom stereocenters. The summed E-state index contributed by atoms with van der Waals surface area (Å²) in [5, 5.41) is 6.81. The number of nitrogens with zero attached hydrogens (tertiary/aromatic N) is 2. The molecule has 1 heterocycles. The average Bonchev–Trinajstić information content (AvgIpc) is 2.47. The third-order valence-corrected chi connectivity index (χ3v) is 4.54. The van der Waals surface area contributed by atoms with Gasteiger partial charge >= 0.3 is 0 Å². The van der Waals surface area contributed by atoms with Crippen molar-refractivity contribution in [3.63, 3.8) is 0 Å². The second kappa shape index (κ2) is 6.43. The number of aryl methyl sites for hydroxylation is 1. The zero-order chi connectivity index (χ0) is 15.5. The van der Waals surface area contributed by atoms with Gasteiger partial charge in [0.15, 0.2) is 5.96 Å². The minimum Gasteiger partial charge on any atom is -0.381 e. The minimum atomic E-state index is 0.118. The van der Waals surface area contributed by atoms with Gasteiger partial charge in [0.05, 0.1) is 18.3 Å². The molecule has 2 atom stereocenters. The number of nitrogens with one attached hydrogen (secondary N) is 2. The smallest absolute Gasteiger partial charge is 0.191 e. The standard InChI is InChI=1S/C16H26N4O/c1-11-7-6-8-18-12(11)10-19-15(17-4)20-13-9-14(21-5)16(13,2)3/h6-8,13-14H,9-10H2,1-5H3,(H2,17,19,20). The Kier molecular flexibility index (Phi) is 4.83. The van der Waals surface area contributed by atoms with E-state index >= 15 is 0 Å². The van der Waals surface area contributed by atoms with Gasteiger partial charge in [0.1, 0.15) is 0 Å². The molecule has 0 saturated heterocycles. The predicted octanol–water partition coefficient (Wildman–Crippen LogP) is 1.87. The highest BCUT2D eigenvalue weighted by atomic mass is 16.5. The first kappa shape index (κ1) is 15.8. The van der Waals surface area contributed by atoms with Crippen molar-refractivity contribution in [2.45, 2.75) is 45.9 Å². The lowest BCUT2D eigenvalue weighted by Gasteiger charge is -2.51. The van der Waals surface area contributed by atoms with Gasteiger partial charge in [-0.2, -0.15) is 0 Å². The fourth-order valence-electron chi connectivity index (χ4n) is 2.76. The van der Waals surface area contributed by atoms with Crippen LogP contribution in [-0.4, -0.2) is 37.2 Å². The molecule has 0 radical (unpaired) electrons. The van der Waals surface area contributed by atoms with Gasteiger partial charge in [0.25, 0.3) is 0 Å². The van der Waals surface area contributed by atoms with Crippen molar-refractivity contribution in [3.05, 3.63) is 29.6 Å². The van der Waals surface area contributed by atoms with Crippen molar-refractivity contribution in [2.24, 2.45) is 10.4 Å². The van der Waals surface area contributed by atoms with Crippen LogP contribution < -0.4 is 10.6 Å². The Morgan fingerprint density at radius 3 is 2.86 bits per heavy atom. The maximum absolute atomic E-state index is 5.48. The molecular weight excluding hydrogens is 264 g/mol. The number of aliphatic imine (C=N–C) groups is 1. The van der Waals surface area contributed by atoms with Crippen LogP contribution in [0.1, 0.15) is 31.5 Å². The number of guanidine groups is 1. The highest BCUT2D eigenvalue weighted by molar-refractivity contribution is 5.80. The molecule has 1 aliphatic carbocycles. The van der Waals surface area contributed by atoms with Crippen LogP contribution in [0.5, 0.6) is 0 Å². The van der Waals surface area contributed by atoms with Gasteiger partial charge in [-0.05, 0) is 25.0 Å². The Hall–Kier alpha value is -1.62. The van der Waals surface area contributed by atoms with E-state index in [1.54, 1.807) is 14.2 Å². The van der Waals surface area contributed by atoms with E-state index in [1.807, 2.05) is 12.3 Å². The number of pyridine rings is 1. The lowest BCUT2D eigenvalue weighted by atomic mass is 9.64. The number of ether oxygens (including phenoxy) is 1. The lowest BCUT2D eigenvalue weighted by Crippen LogP contribution is -2.63. The van der Waals surface area contributed by atoms with Crippen molar-refractivity contribution in [2.75, 3.05) is 14.2 Å². The molecule has 0 aliphatic heterocycles. The predicted molar refractivity (Wildman–Crippen MR) is 85.3 cm³/mol. The molecule has 0 aromatic carbocycles. The van der Waals surface area contributed by atoms with Gasteiger partial charge in [-0.15, -0.1) is 0 Å². The molecule has 5 nitrogen and oxygen atoms in total. The zero-order valence-corrected chi connectivity index (χ0v) is 13.6. The quantitative estimate of drug-likeness (QED) is 0.656. The Labute approximate surface area is 127 Å². The zero-order valence-electron chi connectivity index (χ0n) is 13.6. The number of methoxy groups -OCH3 is 1. The monoisotopic (exact) mass is 290 g/mol. The summed E-state index contributed by atoms with van der Waals surface area (Å²) >= 11 is 0. The summed E-state index contributed by atoms with van der Waals surface area (Å²) in [6.07, 6.45) is 3.14. The molecule has 2 N–H and O–H groups in total. The maximum Gasteiger partial charge on any atom is 0.191 e. The molecule has 0 amide bonds. The highest BCUT2D eigenvalue weighted by Crippen LogP contribution is 2.42. The first-order chi connectivity index (χ1) is 9.98. The van der Waals surface area contributed by atoms with Crippen LogP contribution in [0.3, 0.4) is 0 Å². The molecule has 21 heavy (non-hydrogen) atoms. The summed E-state index contributed by atoms with van der Waals surface area (Å²) < 4.78 is 5.48. The first-order valence-corrected chi connectivity index (χ1v) is 7.39. The number of hydrogen-bond acceptors (Lipinski definition) is 3. The Morgan fingerprint density at radius 1 is 1.52 bits per heavy atom. The third kappa shape index (κ3) is 3.35. The Balaban J connectivity index is 1.89. The molecule has 5 heteroatoms. The summed E-state index contributed by atoms with van der Waals surface area (Å²) in [6.45, 7) is 7.18. The molecule has 116 valence electrons. The van der Waals surface area contributed by atoms with Gasteiger partial charge in [-0.3, -0.25) is 9.98 Å². The summed E-state index contributed by atoms with van der Waals surface area (Å²) in [6, 6.07) is 4.39. The maximum atomic E-state index is 5.48. The largest absolute Gasteiger partial charge is 0.381 e. The van der Waals surface area contributed by atoms with Crippen LogP contribution in [0.4, 0.5) is 0 Å². The lowest BCUT2D eigenvalue weighted by molar-refractivity contribution is -0.0922. The van der Waals surface area contributed by atoms with Crippen LogP contribution in [0.25, 0.3) is 0 Å². The first-order valence-electron chi connectivity index (χ1n) is 7.39. The van der Waals surface area contributed by atoms with Crippen LogP contribution in [-0.2, 0) is 11.3 Å². The summed E-state index contributed by atoms with van der Waals surface area (Å²) in [7, 11) is 3.57. The Bertz CT molecular complexity index is 513. The third-order valence-electron chi connectivity index (χ3n) is 4.54. The van der Waals surface area contributed by atoms with Crippen LogP contribution in [0, 0.1) is 12.3 Å². The van der Waals surface area contributed by atoms with Crippen LogP contribution in [0.2, 0.25) is 0 Å².